The number of hydrogen-bond acceptors (Lipinski definition) is 33. The van der Waals surface area contributed by atoms with Crippen molar-refractivity contribution in [2.75, 3.05) is 51.7 Å². The summed E-state index contributed by atoms with van der Waals surface area (Å²) in [5.74, 6) is -8.75. The molecule has 0 saturated carbocycles. The third-order valence-electron chi connectivity index (χ3n) is 16.6. The third-order valence-corrected chi connectivity index (χ3v) is 18.4. The average Bonchev–Trinajstić information content (AvgIpc) is 0.884. The Labute approximate surface area is 596 Å². The van der Waals surface area contributed by atoms with Gasteiger partial charge in [-0.25, -0.2) is 29.7 Å². The molecule has 0 spiro atoms. The fourth-order valence-corrected chi connectivity index (χ4v) is 12.3. The number of nitrogens with zero attached hydrogens (tertiary/aromatic N) is 6. The number of nitrogens with one attached hydrogen (secondary N) is 8. The number of aromatic amines is 1. The second kappa shape index (κ2) is 38.8. The van der Waals surface area contributed by atoms with Gasteiger partial charge in [0.1, 0.15) is 94.6 Å². The van der Waals surface area contributed by atoms with Crippen LogP contribution in [0.25, 0.3) is 10.7 Å². The van der Waals surface area contributed by atoms with E-state index in [1.807, 2.05) is 18.2 Å². The zero-order valence-corrected chi connectivity index (χ0v) is 58.0. The van der Waals surface area contributed by atoms with Gasteiger partial charge in [0.2, 0.25) is 29.5 Å². The Kier molecular flexibility index (Phi) is 30.8. The lowest BCUT2D eigenvalue weighted by molar-refractivity contribution is -0.372. The molecule has 7 rings (SSSR count). The minimum absolute atomic E-state index is 0.0167. The Hall–Kier alpha value is -8.54. The number of carbonyl (C=O) groups is 8. The topological polar surface area (TPSA) is 652 Å². The van der Waals surface area contributed by atoms with Crippen molar-refractivity contribution in [3.05, 3.63) is 86.9 Å². The highest BCUT2D eigenvalue weighted by atomic mass is 32.1. The van der Waals surface area contributed by atoms with E-state index >= 15 is 4.79 Å². The summed E-state index contributed by atoms with van der Waals surface area (Å²) in [6.07, 6.45) is -20.9. The second-order valence-corrected chi connectivity index (χ2v) is 26.1. The van der Waals surface area contributed by atoms with Gasteiger partial charge < -0.3 is 135 Å². The number of hydrogen-bond donors (Lipinski definition) is 21. The molecule has 0 aliphatic carbocycles. The van der Waals surface area contributed by atoms with Crippen LogP contribution in [0, 0.1) is 12.8 Å². The molecule has 19 unspecified atom stereocenters. The molecule has 2 saturated heterocycles. The minimum atomic E-state index is -2.20. The Morgan fingerprint density at radius 1 is 0.748 bits per heavy atom. The van der Waals surface area contributed by atoms with Crippen molar-refractivity contribution >= 4 is 75.9 Å². The van der Waals surface area contributed by atoms with Crippen LogP contribution in [-0.4, -0.2) is 267 Å². The normalized spacial score (nSPS) is 23.1. The van der Waals surface area contributed by atoms with E-state index in [2.05, 4.69) is 72.1 Å². The first kappa shape index (κ1) is 81.8. The van der Waals surface area contributed by atoms with Crippen LogP contribution >= 0.6 is 22.7 Å². The van der Waals surface area contributed by atoms with Gasteiger partial charge in [0.15, 0.2) is 18.7 Å². The van der Waals surface area contributed by atoms with E-state index in [1.54, 1.807) is 17.0 Å². The first-order chi connectivity index (χ1) is 49.0. The van der Waals surface area contributed by atoms with E-state index in [-0.39, 0.29) is 54.0 Å². The van der Waals surface area contributed by atoms with Gasteiger partial charge in [0, 0.05) is 60.7 Å². The van der Waals surface area contributed by atoms with E-state index in [9.17, 15) is 74.4 Å². The zero-order valence-electron chi connectivity index (χ0n) is 56.3. The molecule has 5 aromatic rings. The van der Waals surface area contributed by atoms with Crippen molar-refractivity contribution < 1.29 is 103 Å². The Bertz CT molecular complexity index is 3620. The number of ether oxygens (including phenoxy) is 5. The molecule has 566 valence electrons. The highest BCUT2D eigenvalue weighted by Gasteiger charge is 2.54. The number of nitrogens with two attached hydrogens (primary N) is 5. The maximum Gasteiger partial charge on any atom is 0.404 e. The molecular formula is C61H89N19O21S2. The molecule has 2 aliphatic heterocycles. The molecule has 2 fully saturated rings. The van der Waals surface area contributed by atoms with Gasteiger partial charge in [-0.2, -0.15) is 0 Å². The number of aryl methyl sites for hydroxylation is 1. The summed E-state index contributed by atoms with van der Waals surface area (Å²) >= 11 is 2.51. The minimum Gasteiger partial charge on any atom is -0.441 e. The summed E-state index contributed by atoms with van der Waals surface area (Å²) in [6, 6.07) is -2.06. The number of imidazole rings is 1. The summed E-state index contributed by atoms with van der Waals surface area (Å²) in [5.41, 5.74) is 29.1. The van der Waals surface area contributed by atoms with Crippen molar-refractivity contribution in [2.45, 2.75) is 170 Å². The quantitative estimate of drug-likeness (QED) is 0.0163. The number of H-pyrrole nitrogens is 1. The summed E-state index contributed by atoms with van der Waals surface area (Å²) in [6.45, 7) is 4.60. The van der Waals surface area contributed by atoms with E-state index < -0.39 is 183 Å². The number of anilines is 1. The standard InChI is InChI=1S/C61H89N19O21S2/c1-25-39(77-52(80-50(25)64)31(17-37(63)84)72-18-30(62)51(65)90)56(94)79-41(47(32-19-68-24-73-32)99-60-49(45(88)43(86)35(20-81)98-60)100-59-46(89)48(101-61(66)96)44(87)36(21-82)97-59)57(95)74-27(3)42(85)26(2)53(91)78-40(28(4)83)55(93)71-16-11-38-75-34(23-102-38)58-76-33(22-103-58)54(92)70-15-8-13-67-12-7-10-29-9-5-6-14-69-29/h5-6,9,14,19,22-24,26-28,30-31,35-36,40-49,59-60,67,72,81-83,85-89H,7-8,10-13,15-18,20-21,62H2,1-4H3,(H2,63,84)(H2,65,90)(H2,66,96)(H,68,73)(H,70,92)(H,71,93)(H,74,95)(H,78,91)(H,79,94)(H2,64,77,80). The van der Waals surface area contributed by atoms with E-state index in [1.165, 1.54) is 50.4 Å². The van der Waals surface area contributed by atoms with Gasteiger partial charge in [-0.1, -0.05) is 13.0 Å². The number of primary amides is 3. The van der Waals surface area contributed by atoms with Crippen molar-refractivity contribution in [2.24, 2.45) is 28.9 Å². The van der Waals surface area contributed by atoms with Crippen LogP contribution in [0.2, 0.25) is 0 Å². The molecule has 7 heterocycles. The molecule has 40 nitrogen and oxygen atoms in total. The molecule has 42 heteroatoms. The van der Waals surface area contributed by atoms with Gasteiger partial charge >= 0.3 is 6.09 Å². The average molecular weight is 1490 g/mol. The highest BCUT2D eigenvalue weighted by molar-refractivity contribution is 7.14. The number of thiazole rings is 2. The number of nitrogen functional groups attached to an aromatic ring is 1. The lowest BCUT2D eigenvalue weighted by Gasteiger charge is -2.47. The van der Waals surface area contributed by atoms with Gasteiger partial charge in [-0.3, -0.25) is 38.5 Å². The number of carbonyl (C=O) groups excluding carboxylic acids is 8. The molecular weight excluding hydrogens is 1400 g/mol. The predicted octanol–water partition coefficient (Wildman–Crippen LogP) is -6.96. The first-order valence-electron chi connectivity index (χ1n) is 32.6. The lowest BCUT2D eigenvalue weighted by Crippen LogP contribution is -2.65. The van der Waals surface area contributed by atoms with Gasteiger partial charge in [0.25, 0.3) is 11.8 Å². The zero-order chi connectivity index (χ0) is 75.4. The van der Waals surface area contributed by atoms with E-state index in [0.717, 1.165) is 37.6 Å². The monoisotopic (exact) mass is 1490 g/mol. The Morgan fingerprint density at radius 3 is 2.13 bits per heavy atom. The number of aliphatic hydroxyl groups is 8. The summed E-state index contributed by atoms with van der Waals surface area (Å²) in [4.78, 5) is 136. The maximum absolute atomic E-state index is 15.2. The number of aromatic nitrogens is 7. The SMILES string of the molecule is Cc1c(N)nc(C(CC(N)=O)NCC(N)C(N)=O)nc1C(=O)NC(C(=O)NC(C)C(O)C(C)C(=O)NC(C(=O)NCCc1nc(-c2nc(C(=O)NCCCNCCCc3ccccn3)cs2)cs1)C(C)O)C(OC1OC(CO)C(O)C(O)C1OC1OC(CO)C(O)C(OC(N)=O)C1O)c1cnc[nH]1. The van der Waals surface area contributed by atoms with Crippen molar-refractivity contribution in [3.63, 3.8) is 0 Å². The third kappa shape index (κ3) is 22.5. The van der Waals surface area contributed by atoms with Gasteiger partial charge in [-0.15, -0.1) is 22.7 Å². The van der Waals surface area contributed by atoms with Crippen molar-refractivity contribution in [1.29, 1.82) is 0 Å². The first-order valence-corrected chi connectivity index (χ1v) is 34.3. The highest BCUT2D eigenvalue weighted by Crippen LogP contribution is 2.35. The van der Waals surface area contributed by atoms with E-state index in [4.69, 9.17) is 52.4 Å². The van der Waals surface area contributed by atoms with E-state index in [0.29, 0.717) is 35.2 Å². The molecule has 103 heavy (non-hydrogen) atoms. The fourth-order valence-electron chi connectivity index (χ4n) is 10.7. The predicted molar refractivity (Wildman–Crippen MR) is 360 cm³/mol. The smallest absolute Gasteiger partial charge is 0.404 e. The lowest BCUT2D eigenvalue weighted by atomic mass is 9.96. The van der Waals surface area contributed by atoms with Crippen LogP contribution in [0.1, 0.15) is 101 Å². The molecule has 26 N–H and O–H groups in total. The van der Waals surface area contributed by atoms with Gasteiger partial charge in [0.05, 0.1) is 72.7 Å². The van der Waals surface area contributed by atoms with Crippen LogP contribution in [-0.2, 0) is 60.5 Å². The molecule has 5 aromatic heterocycles. The Morgan fingerprint density at radius 2 is 1.47 bits per heavy atom. The molecule has 0 radical (unpaired) electrons. The van der Waals surface area contributed by atoms with Crippen molar-refractivity contribution in [1.82, 2.24) is 72.1 Å². The van der Waals surface area contributed by atoms with Crippen LogP contribution in [0.3, 0.4) is 0 Å². The van der Waals surface area contributed by atoms with Crippen LogP contribution < -0.4 is 65.9 Å². The fraction of sp³-hybridized carbons (Fsp3) is 0.574. The van der Waals surface area contributed by atoms with Gasteiger partial charge in [-0.05, 0) is 65.3 Å². The number of amides is 8. The molecule has 0 aromatic carbocycles. The van der Waals surface area contributed by atoms with Crippen LogP contribution in [0.15, 0.2) is 47.7 Å². The van der Waals surface area contributed by atoms with Crippen LogP contribution in [0.5, 0.6) is 0 Å². The van der Waals surface area contributed by atoms with Crippen molar-refractivity contribution in [3.8, 4) is 10.7 Å². The molecule has 0 bridgehead atoms. The number of rotatable bonds is 39. The summed E-state index contributed by atoms with van der Waals surface area (Å²) < 4.78 is 28.8. The van der Waals surface area contributed by atoms with Crippen LogP contribution in [0.4, 0.5) is 10.6 Å². The Balaban J connectivity index is 1.06. The second-order valence-electron chi connectivity index (χ2n) is 24.3. The summed E-state index contributed by atoms with van der Waals surface area (Å²) in [7, 11) is 0. The largest absolute Gasteiger partial charge is 0.441 e. The maximum atomic E-state index is 15.2. The number of aliphatic hydroxyl groups excluding tert-OH is 8. The molecule has 19 atom stereocenters. The summed E-state index contributed by atoms with van der Waals surface area (Å²) in [5, 5.41) is 112. The molecule has 2 aliphatic rings. The molecule has 8 amide bonds. The number of pyridine rings is 1.